The summed E-state index contributed by atoms with van der Waals surface area (Å²) in [5.41, 5.74) is 0.621. The quantitative estimate of drug-likeness (QED) is 0.611. The van der Waals surface area contributed by atoms with Crippen LogP contribution in [0.2, 0.25) is 10.0 Å². The molecule has 0 radical (unpaired) electrons. The lowest BCUT2D eigenvalue weighted by atomic mass is 10.1. The van der Waals surface area contributed by atoms with Crippen LogP contribution in [0, 0.1) is 0 Å². The van der Waals surface area contributed by atoms with Crippen LogP contribution in [0.25, 0.3) is 0 Å². The number of benzene rings is 1. The third-order valence-electron chi connectivity index (χ3n) is 2.91. The lowest BCUT2D eigenvalue weighted by Crippen LogP contribution is -2.49. The van der Waals surface area contributed by atoms with Crippen molar-refractivity contribution in [1.29, 1.82) is 0 Å². The Balaban J connectivity index is 2.75. The Morgan fingerprint density at radius 1 is 1.39 bits per heavy atom. The minimum atomic E-state index is -3.63. The van der Waals surface area contributed by atoms with Gasteiger partial charge in [0.05, 0.1) is 12.9 Å². The number of nitrogens with one attached hydrogen (secondary N) is 2. The summed E-state index contributed by atoms with van der Waals surface area (Å²) in [6.45, 7) is -0.628. The Hall–Kier alpha value is -0.900. The van der Waals surface area contributed by atoms with Crippen molar-refractivity contribution < 1.29 is 23.1 Å². The zero-order valence-corrected chi connectivity index (χ0v) is 14.9. The molecule has 0 spiro atoms. The predicted octanol–water partition coefficient (Wildman–Crippen LogP) is 0.707. The summed E-state index contributed by atoms with van der Waals surface area (Å²) in [5, 5.41) is 12.5. The van der Waals surface area contributed by atoms with Crippen LogP contribution in [0.3, 0.4) is 0 Å². The van der Waals surface area contributed by atoms with Crippen molar-refractivity contribution in [2.24, 2.45) is 0 Å². The molecule has 1 amide bonds. The van der Waals surface area contributed by atoms with Crippen LogP contribution < -0.4 is 10.0 Å². The normalized spacial score (nSPS) is 14.3. The summed E-state index contributed by atoms with van der Waals surface area (Å²) < 4.78 is 29.6. The fourth-order valence-electron chi connectivity index (χ4n) is 1.83. The highest BCUT2D eigenvalue weighted by atomic mass is 35.5. The molecule has 0 saturated heterocycles. The first-order valence-electron chi connectivity index (χ1n) is 6.51. The molecule has 0 saturated carbocycles. The highest BCUT2D eigenvalue weighted by Gasteiger charge is 2.23. The Kier molecular flexibility index (Phi) is 7.72. The molecule has 1 rings (SSSR count). The summed E-state index contributed by atoms with van der Waals surface area (Å²) in [6, 6.07) is 3.58. The van der Waals surface area contributed by atoms with Crippen LogP contribution >= 0.6 is 23.2 Å². The molecule has 7 nitrogen and oxygen atoms in total. The zero-order valence-electron chi connectivity index (χ0n) is 12.5. The fourth-order valence-corrected chi connectivity index (χ4v) is 3.06. The number of carbonyl (C=O) groups excluding carboxylic acids is 1. The van der Waals surface area contributed by atoms with Gasteiger partial charge < -0.3 is 15.2 Å². The van der Waals surface area contributed by atoms with E-state index in [2.05, 4.69) is 5.32 Å². The Labute approximate surface area is 145 Å². The molecule has 1 aromatic carbocycles. The maximum Gasteiger partial charge on any atom is 0.240 e. The van der Waals surface area contributed by atoms with E-state index >= 15 is 0 Å². The minimum Gasteiger partial charge on any atom is -0.394 e. The zero-order chi connectivity index (χ0) is 17.6. The Morgan fingerprint density at radius 3 is 2.52 bits per heavy atom. The van der Waals surface area contributed by atoms with Crippen molar-refractivity contribution in [2.45, 2.75) is 12.1 Å². The van der Waals surface area contributed by atoms with Gasteiger partial charge in [-0.05, 0) is 12.1 Å². The minimum absolute atomic E-state index is 0.0403. The second-order valence-corrected chi connectivity index (χ2v) is 7.38. The summed E-state index contributed by atoms with van der Waals surface area (Å²) in [7, 11) is -2.18. The number of carbonyl (C=O) groups is 1. The number of halogens is 2. The van der Waals surface area contributed by atoms with Crippen molar-refractivity contribution in [3.05, 3.63) is 33.8 Å². The average Bonchev–Trinajstić information content (AvgIpc) is 2.45. The lowest BCUT2D eigenvalue weighted by Gasteiger charge is -2.20. The first kappa shape index (κ1) is 20.1. The molecule has 0 aromatic heterocycles. The van der Waals surface area contributed by atoms with Crippen molar-refractivity contribution in [2.75, 3.05) is 26.5 Å². The van der Waals surface area contributed by atoms with Crippen molar-refractivity contribution in [3.63, 3.8) is 0 Å². The van der Waals surface area contributed by atoms with Crippen molar-refractivity contribution >= 4 is 39.1 Å². The number of ether oxygens (including phenoxy) is 1. The molecule has 10 heteroatoms. The van der Waals surface area contributed by atoms with Crippen LogP contribution in [-0.4, -0.2) is 52.0 Å². The van der Waals surface area contributed by atoms with Gasteiger partial charge in [0.25, 0.3) is 0 Å². The van der Waals surface area contributed by atoms with E-state index in [1.54, 1.807) is 18.2 Å². The molecule has 3 N–H and O–H groups in total. The van der Waals surface area contributed by atoms with Gasteiger partial charge in [0.2, 0.25) is 15.9 Å². The molecule has 0 heterocycles. The van der Waals surface area contributed by atoms with Gasteiger partial charge in [-0.1, -0.05) is 29.3 Å². The van der Waals surface area contributed by atoms with E-state index in [4.69, 9.17) is 33.0 Å². The fraction of sp³-hybridized carbons (Fsp3) is 0.462. The smallest absolute Gasteiger partial charge is 0.240 e. The number of hydrogen-bond acceptors (Lipinski definition) is 5. The number of aliphatic hydroxyl groups is 1. The summed E-state index contributed by atoms with van der Waals surface area (Å²) in [5.74, 6) is -0.676. The van der Waals surface area contributed by atoms with Crippen molar-refractivity contribution in [1.82, 2.24) is 10.0 Å². The van der Waals surface area contributed by atoms with Crippen LogP contribution in [0.15, 0.2) is 18.2 Å². The first-order chi connectivity index (χ1) is 10.7. The molecule has 0 fully saturated rings. The molecule has 0 bridgehead atoms. The third-order valence-corrected chi connectivity index (χ3v) is 4.19. The van der Waals surface area contributed by atoms with Gasteiger partial charge in [0, 0.05) is 29.3 Å². The van der Waals surface area contributed by atoms with Crippen LogP contribution in [-0.2, 0) is 19.6 Å². The highest BCUT2D eigenvalue weighted by molar-refractivity contribution is 7.88. The van der Waals surface area contributed by atoms with Gasteiger partial charge in [-0.25, -0.2) is 13.1 Å². The van der Waals surface area contributed by atoms with Crippen LogP contribution in [0.5, 0.6) is 0 Å². The van der Waals surface area contributed by atoms with E-state index in [-0.39, 0.29) is 6.54 Å². The van der Waals surface area contributed by atoms with Gasteiger partial charge in [-0.3, -0.25) is 4.79 Å². The lowest BCUT2D eigenvalue weighted by molar-refractivity contribution is -0.124. The van der Waals surface area contributed by atoms with E-state index in [0.29, 0.717) is 15.6 Å². The van der Waals surface area contributed by atoms with Gasteiger partial charge in [-0.2, -0.15) is 0 Å². The number of amides is 1. The number of sulfonamides is 1. The number of hydrogen-bond donors (Lipinski definition) is 3. The number of rotatable bonds is 8. The van der Waals surface area contributed by atoms with E-state index < -0.39 is 34.7 Å². The predicted molar refractivity (Wildman–Crippen MR) is 88.1 cm³/mol. The maximum absolute atomic E-state index is 11.9. The highest BCUT2D eigenvalue weighted by Crippen LogP contribution is 2.27. The van der Waals surface area contributed by atoms with Gasteiger partial charge in [0.15, 0.2) is 0 Å². The number of methoxy groups -OCH3 is 1. The topological polar surface area (TPSA) is 105 Å². The molecular weight excluding hydrogens is 367 g/mol. The maximum atomic E-state index is 11.9. The van der Waals surface area contributed by atoms with Crippen LogP contribution in [0.4, 0.5) is 0 Å². The monoisotopic (exact) mass is 384 g/mol. The van der Waals surface area contributed by atoms with Gasteiger partial charge in [-0.15, -0.1) is 0 Å². The molecule has 2 unspecified atom stereocenters. The van der Waals surface area contributed by atoms with Crippen molar-refractivity contribution in [3.8, 4) is 0 Å². The van der Waals surface area contributed by atoms with E-state index in [0.717, 1.165) is 6.26 Å². The second kappa shape index (κ2) is 8.81. The molecule has 0 aliphatic heterocycles. The molecule has 0 aliphatic rings. The second-order valence-electron chi connectivity index (χ2n) is 4.76. The largest absolute Gasteiger partial charge is 0.394 e. The summed E-state index contributed by atoms with van der Waals surface area (Å²) in [6.07, 6.45) is 0.343. The van der Waals surface area contributed by atoms with Gasteiger partial charge in [0.1, 0.15) is 12.1 Å². The average molecular weight is 385 g/mol. The van der Waals surface area contributed by atoms with E-state index in [1.165, 1.54) is 7.11 Å². The number of aliphatic hydroxyl groups excluding tert-OH is 1. The molecule has 2 atom stereocenters. The Bertz CT molecular complexity index is 654. The molecule has 23 heavy (non-hydrogen) atoms. The molecule has 1 aromatic rings. The van der Waals surface area contributed by atoms with E-state index in [9.17, 15) is 13.2 Å². The molecule has 0 aliphatic carbocycles. The SMILES string of the molecule is COC(CNC(=O)C(CO)NS(C)(=O)=O)c1ccc(Cl)cc1Cl. The standard InChI is InChI=1S/C13H18Cl2N2O5S/c1-22-12(9-4-3-8(14)5-10(9)15)6-16-13(19)11(7-18)17-23(2,20)21/h3-5,11-12,17-18H,6-7H2,1-2H3,(H,16,19). The Morgan fingerprint density at radius 2 is 2.04 bits per heavy atom. The molecule has 130 valence electrons. The van der Waals surface area contributed by atoms with E-state index in [1.807, 2.05) is 4.72 Å². The summed E-state index contributed by atoms with van der Waals surface area (Å²) >= 11 is 11.9. The molecular formula is C13H18Cl2N2O5S. The van der Waals surface area contributed by atoms with Gasteiger partial charge >= 0.3 is 0 Å². The van der Waals surface area contributed by atoms with Crippen LogP contribution in [0.1, 0.15) is 11.7 Å². The third kappa shape index (κ3) is 6.62. The first-order valence-corrected chi connectivity index (χ1v) is 9.16. The summed E-state index contributed by atoms with van der Waals surface area (Å²) in [4.78, 5) is 11.9.